The Labute approximate surface area is 101 Å². The maximum Gasteiger partial charge on any atom is 0.138 e. The van der Waals surface area contributed by atoms with E-state index < -0.39 is 0 Å². The zero-order valence-electron chi connectivity index (χ0n) is 9.50. The summed E-state index contributed by atoms with van der Waals surface area (Å²) >= 11 is 6.16. The maximum atomic E-state index is 6.16. The molecule has 1 aromatic carbocycles. The van der Waals surface area contributed by atoms with Gasteiger partial charge in [-0.2, -0.15) is 0 Å². The molecule has 1 saturated heterocycles. The second-order valence-electron chi connectivity index (χ2n) is 3.78. The molecule has 0 spiro atoms. The smallest absolute Gasteiger partial charge is 0.138 e. The van der Waals surface area contributed by atoms with E-state index in [0.29, 0.717) is 11.6 Å². The van der Waals surface area contributed by atoms with Crippen molar-refractivity contribution in [2.45, 2.75) is 6.92 Å². The number of anilines is 1. The van der Waals surface area contributed by atoms with Crippen molar-refractivity contribution >= 4 is 17.3 Å². The van der Waals surface area contributed by atoms with Gasteiger partial charge in [-0.1, -0.05) is 11.6 Å². The second kappa shape index (κ2) is 5.41. The van der Waals surface area contributed by atoms with Gasteiger partial charge in [-0.25, -0.2) is 0 Å². The zero-order valence-corrected chi connectivity index (χ0v) is 10.3. The van der Waals surface area contributed by atoms with E-state index >= 15 is 0 Å². The van der Waals surface area contributed by atoms with Gasteiger partial charge >= 0.3 is 0 Å². The lowest BCUT2D eigenvalue weighted by Crippen LogP contribution is -2.43. The summed E-state index contributed by atoms with van der Waals surface area (Å²) in [4.78, 5) is 2.33. The summed E-state index contributed by atoms with van der Waals surface area (Å²) in [5.74, 6) is 0.767. The van der Waals surface area contributed by atoms with E-state index in [0.717, 1.165) is 31.9 Å². The van der Waals surface area contributed by atoms with Gasteiger partial charge in [-0.15, -0.1) is 0 Å². The van der Waals surface area contributed by atoms with Crippen LogP contribution < -0.4 is 15.0 Å². The number of rotatable bonds is 3. The fourth-order valence-corrected chi connectivity index (χ4v) is 2.11. The standard InChI is InChI=1S/C12H17ClN2O/c1-2-16-12-4-3-10(9-11(12)13)15-7-5-14-6-8-15/h3-4,9,14H,2,5-8H2,1H3. The van der Waals surface area contributed by atoms with E-state index in [2.05, 4.69) is 16.3 Å². The minimum atomic E-state index is 0.646. The molecule has 1 aliphatic heterocycles. The summed E-state index contributed by atoms with van der Waals surface area (Å²) in [6.45, 7) is 6.73. The minimum absolute atomic E-state index is 0.646. The van der Waals surface area contributed by atoms with Crippen LogP contribution >= 0.6 is 11.6 Å². The molecule has 1 heterocycles. The fraction of sp³-hybridized carbons (Fsp3) is 0.500. The Morgan fingerprint density at radius 2 is 2.12 bits per heavy atom. The van der Waals surface area contributed by atoms with Crippen LogP contribution in [0.3, 0.4) is 0 Å². The van der Waals surface area contributed by atoms with Crippen molar-refractivity contribution in [2.75, 3.05) is 37.7 Å². The average molecular weight is 241 g/mol. The molecule has 16 heavy (non-hydrogen) atoms. The number of halogens is 1. The Morgan fingerprint density at radius 3 is 2.75 bits per heavy atom. The highest BCUT2D eigenvalue weighted by atomic mass is 35.5. The van der Waals surface area contributed by atoms with Gasteiger partial charge in [0.15, 0.2) is 0 Å². The molecule has 0 amide bonds. The quantitative estimate of drug-likeness (QED) is 0.876. The van der Waals surface area contributed by atoms with Crippen molar-refractivity contribution in [3.05, 3.63) is 23.2 Å². The molecule has 0 bridgehead atoms. The summed E-state index contributed by atoms with van der Waals surface area (Å²) in [6, 6.07) is 6.00. The number of benzene rings is 1. The molecule has 1 aromatic rings. The number of piperazine rings is 1. The lowest BCUT2D eigenvalue weighted by molar-refractivity contribution is 0.340. The molecular weight excluding hydrogens is 224 g/mol. The van der Waals surface area contributed by atoms with Gasteiger partial charge in [0.2, 0.25) is 0 Å². The number of ether oxygens (including phenoxy) is 1. The van der Waals surface area contributed by atoms with Crippen LogP contribution in [-0.4, -0.2) is 32.8 Å². The molecule has 88 valence electrons. The number of nitrogens with one attached hydrogen (secondary N) is 1. The molecule has 0 unspecified atom stereocenters. The SMILES string of the molecule is CCOc1ccc(N2CCNCC2)cc1Cl. The highest BCUT2D eigenvalue weighted by molar-refractivity contribution is 6.32. The van der Waals surface area contributed by atoms with Crippen LogP contribution in [0.4, 0.5) is 5.69 Å². The molecule has 0 aromatic heterocycles. The van der Waals surface area contributed by atoms with Crippen molar-refractivity contribution in [2.24, 2.45) is 0 Å². The van der Waals surface area contributed by atoms with Crippen molar-refractivity contribution in [3.8, 4) is 5.75 Å². The largest absolute Gasteiger partial charge is 0.492 e. The minimum Gasteiger partial charge on any atom is -0.492 e. The van der Waals surface area contributed by atoms with Crippen LogP contribution in [0, 0.1) is 0 Å². The Hall–Kier alpha value is -0.930. The molecule has 0 aliphatic carbocycles. The highest BCUT2D eigenvalue weighted by Crippen LogP contribution is 2.29. The molecule has 0 saturated carbocycles. The first-order valence-electron chi connectivity index (χ1n) is 5.69. The Kier molecular flexibility index (Phi) is 3.91. The van der Waals surface area contributed by atoms with Gasteiger partial charge in [0, 0.05) is 31.9 Å². The molecule has 0 atom stereocenters. The molecule has 1 fully saturated rings. The molecule has 1 aliphatic rings. The van der Waals surface area contributed by atoms with Crippen molar-refractivity contribution in [3.63, 3.8) is 0 Å². The van der Waals surface area contributed by atoms with Gasteiger partial charge in [0.25, 0.3) is 0 Å². The van der Waals surface area contributed by atoms with E-state index in [-0.39, 0.29) is 0 Å². The number of nitrogens with zero attached hydrogens (tertiary/aromatic N) is 1. The fourth-order valence-electron chi connectivity index (χ4n) is 1.88. The predicted molar refractivity (Wildman–Crippen MR) is 67.7 cm³/mol. The van der Waals surface area contributed by atoms with E-state index in [1.807, 2.05) is 19.1 Å². The normalized spacial score (nSPS) is 16.2. The predicted octanol–water partition coefficient (Wildman–Crippen LogP) is 2.15. The van der Waals surface area contributed by atoms with Crippen molar-refractivity contribution in [1.82, 2.24) is 5.32 Å². The van der Waals surface area contributed by atoms with Crippen LogP contribution in [0.25, 0.3) is 0 Å². The third-order valence-electron chi connectivity index (χ3n) is 2.70. The van der Waals surface area contributed by atoms with E-state index in [9.17, 15) is 0 Å². The maximum absolute atomic E-state index is 6.16. The number of hydrogen-bond donors (Lipinski definition) is 1. The van der Waals surface area contributed by atoms with Crippen molar-refractivity contribution in [1.29, 1.82) is 0 Å². The third-order valence-corrected chi connectivity index (χ3v) is 2.99. The Bertz CT molecular complexity index is 351. The first-order chi connectivity index (χ1) is 7.81. The second-order valence-corrected chi connectivity index (χ2v) is 4.19. The molecule has 0 radical (unpaired) electrons. The lowest BCUT2D eigenvalue weighted by Gasteiger charge is -2.29. The first-order valence-corrected chi connectivity index (χ1v) is 6.07. The van der Waals surface area contributed by atoms with Gasteiger partial charge < -0.3 is 15.0 Å². The monoisotopic (exact) mass is 240 g/mol. The Balaban J connectivity index is 2.13. The van der Waals surface area contributed by atoms with Crippen LogP contribution in [-0.2, 0) is 0 Å². The molecule has 2 rings (SSSR count). The van der Waals surface area contributed by atoms with Crippen LogP contribution in [0.15, 0.2) is 18.2 Å². The van der Waals surface area contributed by atoms with Crippen molar-refractivity contribution < 1.29 is 4.74 Å². The zero-order chi connectivity index (χ0) is 11.4. The Morgan fingerprint density at radius 1 is 1.38 bits per heavy atom. The van der Waals surface area contributed by atoms with Gasteiger partial charge in [0.1, 0.15) is 5.75 Å². The summed E-state index contributed by atoms with van der Waals surface area (Å²) in [7, 11) is 0. The van der Waals surface area contributed by atoms with Gasteiger partial charge in [0.05, 0.1) is 11.6 Å². The summed E-state index contributed by atoms with van der Waals surface area (Å²) in [6.07, 6.45) is 0. The molecule has 3 nitrogen and oxygen atoms in total. The summed E-state index contributed by atoms with van der Waals surface area (Å²) in [5, 5.41) is 4.02. The average Bonchev–Trinajstić information content (AvgIpc) is 2.33. The third kappa shape index (κ3) is 2.60. The van der Waals surface area contributed by atoms with E-state index in [4.69, 9.17) is 16.3 Å². The number of hydrogen-bond acceptors (Lipinski definition) is 3. The van der Waals surface area contributed by atoms with Gasteiger partial charge in [-0.05, 0) is 25.1 Å². The molecular formula is C12H17ClN2O. The summed E-state index contributed by atoms with van der Waals surface area (Å²) in [5.41, 5.74) is 1.18. The van der Waals surface area contributed by atoms with Crippen LogP contribution in [0.2, 0.25) is 5.02 Å². The lowest BCUT2D eigenvalue weighted by atomic mass is 10.2. The van der Waals surface area contributed by atoms with Crippen LogP contribution in [0.5, 0.6) is 5.75 Å². The van der Waals surface area contributed by atoms with E-state index in [1.165, 1.54) is 5.69 Å². The molecule has 4 heteroatoms. The summed E-state index contributed by atoms with van der Waals surface area (Å²) < 4.78 is 5.42. The van der Waals surface area contributed by atoms with Gasteiger partial charge in [-0.3, -0.25) is 0 Å². The molecule has 1 N–H and O–H groups in total. The van der Waals surface area contributed by atoms with E-state index in [1.54, 1.807) is 0 Å². The highest BCUT2D eigenvalue weighted by Gasteiger charge is 2.12. The first kappa shape index (κ1) is 11.6. The topological polar surface area (TPSA) is 24.5 Å². The van der Waals surface area contributed by atoms with Crippen LogP contribution in [0.1, 0.15) is 6.92 Å².